The van der Waals surface area contributed by atoms with Gasteiger partial charge in [0.1, 0.15) is 5.60 Å². The van der Waals surface area contributed by atoms with E-state index >= 15 is 0 Å². The van der Waals surface area contributed by atoms with Crippen molar-refractivity contribution < 1.29 is 5.11 Å². The van der Waals surface area contributed by atoms with Crippen molar-refractivity contribution >= 4 is 0 Å². The van der Waals surface area contributed by atoms with Gasteiger partial charge in [-0.25, -0.2) is 0 Å². The van der Waals surface area contributed by atoms with Crippen LogP contribution in [0.3, 0.4) is 0 Å². The van der Waals surface area contributed by atoms with E-state index in [2.05, 4.69) is 16.7 Å². The van der Waals surface area contributed by atoms with E-state index in [1.807, 2.05) is 6.92 Å². The van der Waals surface area contributed by atoms with E-state index < -0.39 is 5.60 Å². The molecule has 0 radical (unpaired) electrons. The van der Waals surface area contributed by atoms with Gasteiger partial charge < -0.3 is 5.11 Å². The van der Waals surface area contributed by atoms with Gasteiger partial charge in [0.25, 0.3) is 0 Å². The molecule has 1 N–H and O–H groups in total. The van der Waals surface area contributed by atoms with Crippen LogP contribution in [0.1, 0.15) is 39.0 Å². The van der Waals surface area contributed by atoms with E-state index in [0.29, 0.717) is 5.92 Å². The summed E-state index contributed by atoms with van der Waals surface area (Å²) in [6.07, 6.45) is 6.27. The Labute approximate surface area is 92.7 Å². The first-order valence-corrected chi connectivity index (χ1v) is 6.13. The zero-order valence-corrected chi connectivity index (χ0v) is 9.63. The molecule has 2 aliphatic rings. The molecule has 2 heteroatoms. The minimum absolute atomic E-state index is 0.436. The molecule has 0 spiro atoms. The summed E-state index contributed by atoms with van der Waals surface area (Å²) < 4.78 is 0. The summed E-state index contributed by atoms with van der Waals surface area (Å²) in [6.45, 7) is 5.05. The van der Waals surface area contributed by atoms with Crippen LogP contribution in [0.5, 0.6) is 0 Å². The van der Waals surface area contributed by atoms with E-state index in [0.717, 1.165) is 19.4 Å². The lowest BCUT2D eigenvalue weighted by molar-refractivity contribution is 0.0978. The molecule has 0 aromatic rings. The van der Waals surface area contributed by atoms with Crippen molar-refractivity contribution in [1.29, 1.82) is 0 Å². The molecule has 15 heavy (non-hydrogen) atoms. The fraction of sp³-hybridized carbons (Fsp3) is 0.846. The van der Waals surface area contributed by atoms with Crippen molar-refractivity contribution in [2.75, 3.05) is 19.6 Å². The average Bonchev–Trinajstić information content (AvgIpc) is 3.02. The summed E-state index contributed by atoms with van der Waals surface area (Å²) in [5, 5.41) is 9.99. The lowest BCUT2D eigenvalue weighted by atomic mass is 10.0. The third-order valence-electron chi connectivity index (χ3n) is 3.47. The first-order valence-electron chi connectivity index (χ1n) is 6.13. The van der Waals surface area contributed by atoms with Gasteiger partial charge in [-0.1, -0.05) is 18.3 Å². The predicted octanol–water partition coefficient (Wildman–Crippen LogP) is 1.64. The predicted molar refractivity (Wildman–Crippen MR) is 61.4 cm³/mol. The molecule has 2 fully saturated rings. The van der Waals surface area contributed by atoms with Crippen LogP contribution in [0.15, 0.2) is 0 Å². The van der Waals surface area contributed by atoms with Crippen molar-refractivity contribution in [3.8, 4) is 11.8 Å². The second-order valence-corrected chi connectivity index (χ2v) is 5.06. The molecule has 0 aromatic heterocycles. The van der Waals surface area contributed by atoms with Crippen LogP contribution in [0, 0.1) is 17.8 Å². The summed E-state index contributed by atoms with van der Waals surface area (Å²) in [5.74, 6) is 6.61. The average molecular weight is 207 g/mol. The highest BCUT2D eigenvalue weighted by Crippen LogP contribution is 2.38. The molecule has 1 aliphatic carbocycles. The van der Waals surface area contributed by atoms with Crippen LogP contribution >= 0.6 is 0 Å². The molecule has 0 bridgehead atoms. The Hall–Kier alpha value is -0.520. The maximum Gasteiger partial charge on any atom is 0.125 e. The van der Waals surface area contributed by atoms with Crippen molar-refractivity contribution in [1.82, 2.24) is 4.90 Å². The number of nitrogens with zero attached hydrogens (tertiary/aromatic N) is 1. The van der Waals surface area contributed by atoms with Gasteiger partial charge in [-0.15, -0.1) is 0 Å². The van der Waals surface area contributed by atoms with E-state index in [-0.39, 0.29) is 0 Å². The molecule has 2 nitrogen and oxygen atoms in total. The van der Waals surface area contributed by atoms with Gasteiger partial charge in [0.2, 0.25) is 0 Å². The van der Waals surface area contributed by atoms with Gasteiger partial charge in [-0.05, 0) is 51.6 Å². The van der Waals surface area contributed by atoms with Crippen molar-refractivity contribution in [2.45, 2.75) is 44.6 Å². The van der Waals surface area contributed by atoms with E-state index in [4.69, 9.17) is 0 Å². The molecule has 1 saturated carbocycles. The van der Waals surface area contributed by atoms with Gasteiger partial charge in [0.05, 0.1) is 6.54 Å². The number of hydrogen-bond donors (Lipinski definition) is 1. The molecule has 0 aromatic carbocycles. The minimum Gasteiger partial charge on any atom is -0.378 e. The Morgan fingerprint density at radius 2 is 1.93 bits per heavy atom. The number of piperidine rings is 1. The van der Waals surface area contributed by atoms with Crippen LogP contribution < -0.4 is 0 Å². The van der Waals surface area contributed by atoms with Crippen molar-refractivity contribution in [3.05, 3.63) is 0 Å². The SMILES string of the molecule is CC(O)(C#CCN1CCCCC1)C1CC1. The minimum atomic E-state index is -0.726. The van der Waals surface area contributed by atoms with E-state index in [1.54, 1.807) is 0 Å². The van der Waals surface area contributed by atoms with Crippen molar-refractivity contribution in [3.63, 3.8) is 0 Å². The molecule has 2 rings (SSSR count). The smallest absolute Gasteiger partial charge is 0.125 e. The molecular formula is C13H21NO. The second-order valence-electron chi connectivity index (χ2n) is 5.06. The third kappa shape index (κ3) is 3.22. The number of aliphatic hydroxyl groups is 1. The fourth-order valence-electron chi connectivity index (χ4n) is 2.20. The topological polar surface area (TPSA) is 23.5 Å². The molecule has 1 atom stereocenters. The summed E-state index contributed by atoms with van der Waals surface area (Å²) in [7, 11) is 0. The van der Waals surface area contributed by atoms with Crippen LogP contribution in [0.2, 0.25) is 0 Å². The Kier molecular flexibility index (Phi) is 3.33. The normalized spacial score (nSPS) is 26.5. The number of likely N-dealkylation sites (tertiary alicyclic amines) is 1. The monoisotopic (exact) mass is 207 g/mol. The highest BCUT2D eigenvalue weighted by atomic mass is 16.3. The number of rotatable bonds is 2. The largest absolute Gasteiger partial charge is 0.378 e. The third-order valence-corrected chi connectivity index (χ3v) is 3.47. The lowest BCUT2D eigenvalue weighted by Crippen LogP contribution is -2.30. The van der Waals surface area contributed by atoms with Crippen LogP contribution in [0.4, 0.5) is 0 Å². The second kappa shape index (κ2) is 4.55. The quantitative estimate of drug-likeness (QED) is 0.696. The molecule has 1 aliphatic heterocycles. The maximum absolute atomic E-state index is 9.99. The first kappa shape index (κ1) is 11.0. The van der Waals surface area contributed by atoms with Gasteiger partial charge in [-0.2, -0.15) is 0 Å². The standard InChI is InChI=1S/C13H21NO/c1-13(15,12-6-7-12)8-5-11-14-9-3-2-4-10-14/h12,15H,2-4,6-7,9-11H2,1H3. The lowest BCUT2D eigenvalue weighted by Gasteiger charge is -2.24. The molecule has 0 amide bonds. The number of hydrogen-bond acceptors (Lipinski definition) is 2. The highest BCUT2D eigenvalue weighted by molar-refractivity contribution is 5.17. The Bertz CT molecular complexity index is 264. The summed E-state index contributed by atoms with van der Waals surface area (Å²) >= 11 is 0. The van der Waals surface area contributed by atoms with Gasteiger partial charge in [0.15, 0.2) is 0 Å². The Morgan fingerprint density at radius 1 is 1.27 bits per heavy atom. The zero-order valence-electron chi connectivity index (χ0n) is 9.63. The Balaban J connectivity index is 1.78. The Morgan fingerprint density at radius 3 is 2.53 bits per heavy atom. The molecule has 1 heterocycles. The fourth-order valence-corrected chi connectivity index (χ4v) is 2.20. The maximum atomic E-state index is 9.99. The first-order chi connectivity index (χ1) is 7.18. The van der Waals surface area contributed by atoms with Gasteiger partial charge >= 0.3 is 0 Å². The summed E-state index contributed by atoms with van der Waals surface area (Å²) in [5.41, 5.74) is -0.726. The molecular weight excluding hydrogens is 186 g/mol. The van der Waals surface area contributed by atoms with Crippen LogP contribution in [-0.4, -0.2) is 35.2 Å². The molecule has 1 unspecified atom stereocenters. The van der Waals surface area contributed by atoms with Crippen LogP contribution in [-0.2, 0) is 0 Å². The highest BCUT2D eigenvalue weighted by Gasteiger charge is 2.38. The van der Waals surface area contributed by atoms with Gasteiger partial charge in [0, 0.05) is 0 Å². The summed E-state index contributed by atoms with van der Waals surface area (Å²) in [4.78, 5) is 2.39. The molecule has 1 saturated heterocycles. The van der Waals surface area contributed by atoms with Crippen LogP contribution in [0.25, 0.3) is 0 Å². The zero-order chi connectivity index (χ0) is 10.7. The molecule has 84 valence electrons. The summed E-state index contributed by atoms with van der Waals surface area (Å²) in [6, 6.07) is 0. The van der Waals surface area contributed by atoms with E-state index in [1.165, 1.54) is 32.4 Å². The van der Waals surface area contributed by atoms with E-state index in [9.17, 15) is 5.11 Å². The van der Waals surface area contributed by atoms with Crippen molar-refractivity contribution in [2.24, 2.45) is 5.92 Å². The van der Waals surface area contributed by atoms with Gasteiger partial charge in [-0.3, -0.25) is 4.90 Å².